The second kappa shape index (κ2) is 10.2. The number of benzene rings is 3. The number of anilines is 1. The molecule has 0 fully saturated rings. The number of esters is 1. The Morgan fingerprint density at radius 2 is 1.58 bits per heavy atom. The molecule has 0 aliphatic rings. The Morgan fingerprint density at radius 3 is 2.24 bits per heavy atom. The number of carbonyl (C=O) groups is 2. The third kappa shape index (κ3) is 6.04. The normalized spacial score (nSPS) is 10.5. The highest BCUT2D eigenvalue weighted by Gasteiger charge is 2.10. The van der Waals surface area contributed by atoms with E-state index in [1.807, 2.05) is 30.3 Å². The van der Waals surface area contributed by atoms with Crippen LogP contribution in [0.15, 0.2) is 83.4 Å². The van der Waals surface area contributed by atoms with Gasteiger partial charge in [0, 0.05) is 18.2 Å². The molecule has 0 bridgehead atoms. The Bertz CT molecular complexity index is 1220. The van der Waals surface area contributed by atoms with Gasteiger partial charge in [-0.25, -0.2) is 4.79 Å². The van der Waals surface area contributed by atoms with Crippen molar-refractivity contribution in [2.45, 2.75) is 20.1 Å². The van der Waals surface area contributed by atoms with Crippen molar-refractivity contribution in [3.05, 3.63) is 107 Å². The van der Waals surface area contributed by atoms with E-state index in [4.69, 9.17) is 14.0 Å². The number of hydrogen-bond acceptors (Lipinski definition) is 7. The minimum atomic E-state index is -0.457. The summed E-state index contributed by atoms with van der Waals surface area (Å²) in [5.74, 6) is 0.817. The molecule has 8 heteroatoms. The molecule has 3 aromatic carbocycles. The fraction of sp³-hybridized carbons (Fsp3) is 0.120. The summed E-state index contributed by atoms with van der Waals surface area (Å²) in [4.78, 5) is 28.7. The first-order valence-corrected chi connectivity index (χ1v) is 10.2. The summed E-state index contributed by atoms with van der Waals surface area (Å²) in [6, 6.07) is 22.7. The van der Waals surface area contributed by atoms with Gasteiger partial charge in [-0.3, -0.25) is 4.79 Å². The maximum atomic E-state index is 12.3. The number of amides is 1. The molecule has 4 aromatic rings. The van der Waals surface area contributed by atoms with Crippen molar-refractivity contribution in [3.63, 3.8) is 0 Å². The molecule has 0 radical (unpaired) electrons. The summed E-state index contributed by atoms with van der Waals surface area (Å²) >= 11 is 0. The number of aromatic nitrogens is 2. The van der Waals surface area contributed by atoms with Gasteiger partial charge in [-0.2, -0.15) is 4.98 Å². The Kier molecular flexibility index (Phi) is 6.75. The van der Waals surface area contributed by atoms with Crippen molar-refractivity contribution in [2.24, 2.45) is 0 Å². The van der Waals surface area contributed by atoms with Crippen LogP contribution in [-0.2, 0) is 18.0 Å². The fourth-order valence-corrected chi connectivity index (χ4v) is 2.94. The highest BCUT2D eigenvalue weighted by molar-refractivity contribution is 6.04. The molecular formula is C25H21N3O5. The van der Waals surface area contributed by atoms with Crippen molar-refractivity contribution >= 4 is 17.6 Å². The third-order valence-electron chi connectivity index (χ3n) is 4.65. The quantitative estimate of drug-likeness (QED) is 0.398. The maximum absolute atomic E-state index is 12.3. The lowest BCUT2D eigenvalue weighted by atomic mass is 10.1. The Balaban J connectivity index is 1.26. The van der Waals surface area contributed by atoms with E-state index in [1.165, 1.54) is 0 Å². The Labute approximate surface area is 190 Å². The Hall–Kier alpha value is -4.46. The molecule has 4 rings (SSSR count). The molecule has 0 aliphatic heterocycles. The first kappa shape index (κ1) is 21.8. The molecule has 1 heterocycles. The van der Waals surface area contributed by atoms with Crippen molar-refractivity contribution in [3.8, 4) is 5.75 Å². The van der Waals surface area contributed by atoms with Gasteiger partial charge in [0.2, 0.25) is 11.7 Å². The van der Waals surface area contributed by atoms with E-state index in [-0.39, 0.29) is 19.1 Å². The van der Waals surface area contributed by atoms with Gasteiger partial charge < -0.3 is 19.3 Å². The minimum Gasteiger partial charge on any atom is -0.485 e. The second-order valence-corrected chi connectivity index (χ2v) is 7.14. The zero-order chi connectivity index (χ0) is 23.0. The van der Waals surface area contributed by atoms with Crippen LogP contribution in [0, 0.1) is 6.92 Å². The third-order valence-corrected chi connectivity index (χ3v) is 4.65. The molecule has 0 atom stereocenters. The summed E-state index contributed by atoms with van der Waals surface area (Å²) < 4.78 is 15.8. The lowest BCUT2D eigenvalue weighted by molar-refractivity contribution is 0.0472. The summed E-state index contributed by atoms with van der Waals surface area (Å²) in [6.45, 7) is 1.96. The number of para-hydroxylation sites is 1. The van der Waals surface area contributed by atoms with Crippen molar-refractivity contribution < 1.29 is 23.6 Å². The van der Waals surface area contributed by atoms with Crippen LogP contribution < -0.4 is 10.1 Å². The summed E-state index contributed by atoms with van der Waals surface area (Å²) in [5, 5.41) is 6.58. The van der Waals surface area contributed by atoms with E-state index in [1.54, 1.807) is 55.5 Å². The van der Waals surface area contributed by atoms with Crippen LogP contribution in [0.1, 0.15) is 38.0 Å². The number of aryl methyl sites for hydroxylation is 1. The molecule has 0 saturated heterocycles. The Morgan fingerprint density at radius 1 is 0.879 bits per heavy atom. The van der Waals surface area contributed by atoms with Crippen molar-refractivity contribution in [1.29, 1.82) is 0 Å². The van der Waals surface area contributed by atoms with E-state index >= 15 is 0 Å². The van der Waals surface area contributed by atoms with Gasteiger partial charge in [0.05, 0.1) is 5.56 Å². The second-order valence-electron chi connectivity index (χ2n) is 7.14. The van der Waals surface area contributed by atoms with Gasteiger partial charge in [0.1, 0.15) is 12.4 Å². The predicted molar refractivity (Wildman–Crippen MR) is 120 cm³/mol. The minimum absolute atomic E-state index is 0.0921. The molecule has 166 valence electrons. The van der Waals surface area contributed by atoms with Gasteiger partial charge in [-0.05, 0) is 54.1 Å². The van der Waals surface area contributed by atoms with E-state index < -0.39 is 5.97 Å². The number of hydrogen-bond donors (Lipinski definition) is 1. The maximum Gasteiger partial charge on any atom is 0.338 e. The molecule has 33 heavy (non-hydrogen) atoms. The van der Waals surface area contributed by atoms with Crippen molar-refractivity contribution in [2.75, 3.05) is 5.32 Å². The van der Waals surface area contributed by atoms with Gasteiger partial charge in [-0.15, -0.1) is 0 Å². The van der Waals surface area contributed by atoms with Crippen LogP contribution >= 0.6 is 0 Å². The molecule has 8 nitrogen and oxygen atoms in total. The number of ether oxygens (including phenoxy) is 2. The van der Waals surface area contributed by atoms with Gasteiger partial charge in [-0.1, -0.05) is 35.5 Å². The zero-order valence-corrected chi connectivity index (χ0v) is 17.9. The summed E-state index contributed by atoms with van der Waals surface area (Å²) in [5.41, 5.74) is 2.41. The van der Waals surface area contributed by atoms with Crippen molar-refractivity contribution in [1.82, 2.24) is 10.1 Å². The topological polar surface area (TPSA) is 104 Å². The van der Waals surface area contributed by atoms with E-state index in [2.05, 4.69) is 15.5 Å². The first-order chi connectivity index (χ1) is 16.1. The molecule has 0 spiro atoms. The summed E-state index contributed by atoms with van der Waals surface area (Å²) in [6.07, 6.45) is 0. The molecular weight excluding hydrogens is 422 g/mol. The lowest BCUT2D eigenvalue weighted by Crippen LogP contribution is -2.11. The van der Waals surface area contributed by atoms with Crippen LogP contribution in [0.4, 0.5) is 5.69 Å². The average Bonchev–Trinajstić information content (AvgIpc) is 3.27. The predicted octanol–water partition coefficient (Wildman–Crippen LogP) is 4.57. The number of nitrogens with one attached hydrogen (secondary N) is 1. The first-order valence-electron chi connectivity index (χ1n) is 10.2. The standard InChI is InChI=1S/C25H21N3O5/c1-17-26-23(28-33-17)16-31-22-13-11-20(12-14-22)25(30)32-15-18-7-9-19(10-8-18)24(29)27-21-5-3-2-4-6-21/h2-14H,15-16H2,1H3,(H,27,29). The molecule has 0 aliphatic carbocycles. The van der Waals surface area contributed by atoms with E-state index in [0.29, 0.717) is 28.6 Å². The lowest BCUT2D eigenvalue weighted by Gasteiger charge is -2.08. The van der Waals surface area contributed by atoms with Crippen LogP contribution in [0.5, 0.6) is 5.75 Å². The largest absolute Gasteiger partial charge is 0.485 e. The zero-order valence-electron chi connectivity index (χ0n) is 17.9. The SMILES string of the molecule is Cc1nc(COc2ccc(C(=O)OCc3ccc(C(=O)Nc4ccccc4)cc3)cc2)no1. The molecule has 1 N–H and O–H groups in total. The molecule has 1 amide bonds. The highest BCUT2D eigenvalue weighted by atomic mass is 16.5. The monoisotopic (exact) mass is 443 g/mol. The smallest absolute Gasteiger partial charge is 0.338 e. The number of nitrogens with zero attached hydrogens (tertiary/aromatic N) is 2. The van der Waals surface area contributed by atoms with Crippen LogP contribution in [-0.4, -0.2) is 22.0 Å². The highest BCUT2D eigenvalue weighted by Crippen LogP contribution is 2.16. The number of rotatable bonds is 8. The molecule has 1 aromatic heterocycles. The van der Waals surface area contributed by atoms with E-state index in [0.717, 1.165) is 11.3 Å². The van der Waals surface area contributed by atoms with Crippen LogP contribution in [0.2, 0.25) is 0 Å². The average molecular weight is 443 g/mol. The molecule has 0 saturated carbocycles. The van der Waals surface area contributed by atoms with Crippen LogP contribution in [0.3, 0.4) is 0 Å². The fourth-order valence-electron chi connectivity index (χ4n) is 2.94. The van der Waals surface area contributed by atoms with Gasteiger partial charge in [0.15, 0.2) is 6.61 Å². The summed E-state index contributed by atoms with van der Waals surface area (Å²) in [7, 11) is 0. The van der Waals surface area contributed by atoms with Crippen LogP contribution in [0.25, 0.3) is 0 Å². The van der Waals surface area contributed by atoms with E-state index in [9.17, 15) is 9.59 Å². The van der Waals surface area contributed by atoms with Gasteiger partial charge >= 0.3 is 5.97 Å². The van der Waals surface area contributed by atoms with Gasteiger partial charge in [0.25, 0.3) is 5.91 Å². The number of carbonyl (C=O) groups excluding carboxylic acids is 2. The molecule has 0 unspecified atom stereocenters.